The van der Waals surface area contributed by atoms with Gasteiger partial charge in [-0.05, 0) is 38.1 Å². The Morgan fingerprint density at radius 3 is 2.59 bits per heavy atom. The molecule has 1 unspecified atom stereocenters. The average molecular weight is 416 g/mol. The van der Waals surface area contributed by atoms with Crippen LogP contribution in [0, 0.1) is 17.2 Å². The lowest BCUT2D eigenvalue weighted by Crippen LogP contribution is -2.39. The van der Waals surface area contributed by atoms with Crippen LogP contribution in [-0.2, 0) is 4.79 Å². The fraction of sp³-hybridized carbons (Fsp3) is 0.381. The van der Waals surface area contributed by atoms with Gasteiger partial charge in [-0.2, -0.15) is 5.26 Å². The van der Waals surface area contributed by atoms with Crippen molar-refractivity contribution < 1.29 is 9.90 Å². The molecule has 29 heavy (non-hydrogen) atoms. The highest BCUT2D eigenvalue weighted by atomic mass is 35.5. The number of aromatic nitrogens is 1. The number of benzene rings is 1. The molecule has 154 valence electrons. The van der Waals surface area contributed by atoms with Gasteiger partial charge in [-0.1, -0.05) is 18.5 Å². The molecular formula is C21H26ClN5O2. The normalized spacial score (nSPS) is 12.1. The molecule has 2 rings (SSSR count). The third kappa shape index (κ3) is 5.37. The van der Waals surface area contributed by atoms with Crippen molar-refractivity contribution in [3.8, 4) is 6.07 Å². The molecule has 0 saturated carbocycles. The Morgan fingerprint density at radius 1 is 1.34 bits per heavy atom. The first kappa shape index (κ1) is 22.5. The molecule has 0 radical (unpaired) electrons. The second kappa shape index (κ2) is 9.12. The number of rotatable bonds is 8. The molecule has 2 aromatic rings. The van der Waals surface area contributed by atoms with E-state index in [0.717, 1.165) is 12.1 Å². The number of amides is 1. The Labute approximate surface area is 176 Å². The van der Waals surface area contributed by atoms with E-state index in [4.69, 9.17) is 11.6 Å². The van der Waals surface area contributed by atoms with E-state index < -0.39 is 5.60 Å². The summed E-state index contributed by atoms with van der Waals surface area (Å²) >= 11 is 6.01. The van der Waals surface area contributed by atoms with Crippen LogP contribution in [0.1, 0.15) is 26.3 Å². The summed E-state index contributed by atoms with van der Waals surface area (Å²) in [7, 11) is 3.79. The number of carbonyl (C=O) groups is 1. The van der Waals surface area contributed by atoms with Crippen LogP contribution in [0.3, 0.4) is 0 Å². The average Bonchev–Trinajstić information content (AvgIpc) is 2.65. The highest BCUT2D eigenvalue weighted by molar-refractivity contribution is 6.31. The summed E-state index contributed by atoms with van der Waals surface area (Å²) in [6.45, 7) is 5.69. The smallest absolute Gasteiger partial charge is 0.214 e. The second-order valence-electron chi connectivity index (χ2n) is 7.67. The van der Waals surface area contributed by atoms with Gasteiger partial charge in [-0.25, -0.2) is 4.98 Å². The van der Waals surface area contributed by atoms with Gasteiger partial charge in [-0.15, -0.1) is 0 Å². The van der Waals surface area contributed by atoms with Crippen molar-refractivity contribution in [2.75, 3.05) is 35.8 Å². The van der Waals surface area contributed by atoms with Crippen molar-refractivity contribution in [3.05, 3.63) is 41.2 Å². The van der Waals surface area contributed by atoms with Gasteiger partial charge in [0.2, 0.25) is 6.41 Å². The minimum absolute atomic E-state index is 0.121. The van der Waals surface area contributed by atoms with Gasteiger partial charge in [0.15, 0.2) is 0 Å². The second-order valence-corrected chi connectivity index (χ2v) is 8.03. The summed E-state index contributed by atoms with van der Waals surface area (Å²) in [5.41, 5.74) is 2.06. The molecule has 2 N–H and O–H groups in total. The van der Waals surface area contributed by atoms with Crippen molar-refractivity contribution in [2.24, 2.45) is 5.92 Å². The lowest BCUT2D eigenvalue weighted by Gasteiger charge is -2.32. The molecule has 0 fully saturated rings. The van der Waals surface area contributed by atoms with Crippen LogP contribution in [0.5, 0.6) is 0 Å². The maximum absolute atomic E-state index is 11.9. The summed E-state index contributed by atoms with van der Waals surface area (Å²) in [4.78, 5) is 19.3. The molecule has 0 aliphatic rings. The van der Waals surface area contributed by atoms with Crippen LogP contribution in [0.25, 0.3) is 0 Å². The predicted octanol–water partition coefficient (Wildman–Crippen LogP) is 3.79. The van der Waals surface area contributed by atoms with E-state index in [1.165, 1.54) is 6.20 Å². The molecule has 0 saturated heterocycles. The number of halogens is 1. The summed E-state index contributed by atoms with van der Waals surface area (Å²) < 4.78 is 0. The highest BCUT2D eigenvalue weighted by Gasteiger charge is 2.26. The number of hydrogen-bond acceptors (Lipinski definition) is 6. The van der Waals surface area contributed by atoms with E-state index in [1.54, 1.807) is 24.8 Å². The molecule has 7 nitrogen and oxygen atoms in total. The Kier molecular flexibility index (Phi) is 7.07. The Balaban J connectivity index is 2.45. The maximum atomic E-state index is 11.9. The van der Waals surface area contributed by atoms with Crippen LogP contribution >= 0.6 is 11.6 Å². The number of hydrogen-bond donors (Lipinski definition) is 2. The summed E-state index contributed by atoms with van der Waals surface area (Å²) in [5.74, 6) is -0.150. The first-order chi connectivity index (χ1) is 13.6. The van der Waals surface area contributed by atoms with Gasteiger partial charge in [-0.3, -0.25) is 4.79 Å². The Hall–Kier alpha value is -2.82. The van der Waals surface area contributed by atoms with Gasteiger partial charge in [0, 0.05) is 38.4 Å². The molecule has 1 heterocycles. The summed E-state index contributed by atoms with van der Waals surface area (Å²) in [6.07, 6.45) is 2.28. The Morgan fingerprint density at radius 2 is 2.03 bits per heavy atom. The molecule has 1 atom stereocenters. The van der Waals surface area contributed by atoms with E-state index in [1.807, 2.05) is 50.2 Å². The van der Waals surface area contributed by atoms with Crippen LogP contribution in [-0.4, -0.2) is 42.7 Å². The zero-order chi connectivity index (χ0) is 21.8. The fourth-order valence-corrected chi connectivity index (χ4v) is 2.93. The number of nitrogens with zero attached hydrogens (tertiary/aromatic N) is 4. The number of carbonyl (C=O) groups excluding carboxylic acids is 1. The summed E-state index contributed by atoms with van der Waals surface area (Å²) in [5, 5.41) is 22.9. The topological polar surface area (TPSA) is 92.5 Å². The fourth-order valence-electron chi connectivity index (χ4n) is 2.73. The lowest BCUT2D eigenvalue weighted by molar-refractivity contribution is -0.107. The number of aliphatic hydroxyl groups is 1. The molecule has 0 aliphatic heterocycles. The summed E-state index contributed by atoms with van der Waals surface area (Å²) in [6, 6.07) is 9.28. The molecule has 1 aromatic heterocycles. The van der Waals surface area contributed by atoms with E-state index >= 15 is 0 Å². The van der Waals surface area contributed by atoms with Crippen molar-refractivity contribution in [1.82, 2.24) is 4.98 Å². The van der Waals surface area contributed by atoms with E-state index in [9.17, 15) is 15.2 Å². The monoisotopic (exact) mass is 415 g/mol. The number of pyridine rings is 1. The van der Waals surface area contributed by atoms with Crippen LogP contribution in [0.2, 0.25) is 5.15 Å². The van der Waals surface area contributed by atoms with Gasteiger partial charge < -0.3 is 20.2 Å². The van der Waals surface area contributed by atoms with Crippen LogP contribution < -0.4 is 15.1 Å². The third-order valence-electron chi connectivity index (χ3n) is 4.87. The molecule has 1 aromatic carbocycles. The minimum Gasteiger partial charge on any atom is -0.390 e. The van der Waals surface area contributed by atoms with Gasteiger partial charge in [0.05, 0.1) is 22.7 Å². The van der Waals surface area contributed by atoms with Crippen LogP contribution in [0.15, 0.2) is 30.5 Å². The Bertz CT molecular complexity index is 918. The number of anilines is 4. The highest BCUT2D eigenvalue weighted by Crippen LogP contribution is 2.34. The van der Waals surface area contributed by atoms with Gasteiger partial charge >= 0.3 is 0 Å². The van der Waals surface area contributed by atoms with Crippen molar-refractivity contribution in [2.45, 2.75) is 26.4 Å². The lowest BCUT2D eigenvalue weighted by atomic mass is 9.92. The van der Waals surface area contributed by atoms with Gasteiger partial charge in [0.25, 0.3) is 0 Å². The largest absolute Gasteiger partial charge is 0.390 e. The molecule has 0 spiro atoms. The number of nitrogens with one attached hydrogen (secondary N) is 1. The first-order valence-corrected chi connectivity index (χ1v) is 9.53. The molecule has 1 amide bonds. The zero-order valence-corrected chi connectivity index (χ0v) is 18.0. The molecular weight excluding hydrogens is 390 g/mol. The minimum atomic E-state index is -0.926. The molecule has 0 bridgehead atoms. The standard InChI is InChI=1S/C21H26ClN5O2/c1-14(21(2,3)29)12-27(13-28)19-10-15(6-7-18(19)26(4)5)25-17-8-9-24-20(22)16(17)11-23/h6-10,13-14,29H,12H2,1-5H3,(H,24,25). The first-order valence-electron chi connectivity index (χ1n) is 9.15. The van der Waals surface area contributed by atoms with Crippen molar-refractivity contribution in [3.63, 3.8) is 0 Å². The van der Waals surface area contributed by atoms with E-state index in [-0.39, 0.29) is 16.6 Å². The number of nitriles is 1. The third-order valence-corrected chi connectivity index (χ3v) is 5.15. The van der Waals surface area contributed by atoms with E-state index in [2.05, 4.69) is 10.3 Å². The van der Waals surface area contributed by atoms with Crippen molar-refractivity contribution in [1.29, 1.82) is 5.26 Å². The SMILES string of the molecule is CC(CN(C=O)c1cc(Nc2ccnc(Cl)c2C#N)ccc1N(C)C)C(C)(C)O. The maximum Gasteiger partial charge on any atom is 0.214 e. The van der Waals surface area contributed by atoms with Crippen LogP contribution in [0.4, 0.5) is 22.7 Å². The quantitative estimate of drug-likeness (QED) is 0.503. The molecule has 8 heteroatoms. The van der Waals surface area contributed by atoms with E-state index in [0.29, 0.717) is 23.6 Å². The zero-order valence-electron chi connectivity index (χ0n) is 17.3. The predicted molar refractivity (Wildman–Crippen MR) is 117 cm³/mol. The van der Waals surface area contributed by atoms with Gasteiger partial charge in [0.1, 0.15) is 16.8 Å². The molecule has 0 aliphatic carbocycles. The van der Waals surface area contributed by atoms with Crippen molar-refractivity contribution >= 4 is 40.8 Å².